The Morgan fingerprint density at radius 1 is 1.30 bits per heavy atom. The Morgan fingerprint density at radius 3 is 2.88 bits per heavy atom. The lowest BCUT2D eigenvalue weighted by Crippen LogP contribution is -2.49. The number of rotatable bonds is 7. The van der Waals surface area contributed by atoms with E-state index in [4.69, 9.17) is 14.9 Å². The van der Waals surface area contributed by atoms with Crippen molar-refractivity contribution in [2.24, 2.45) is 5.73 Å². The van der Waals surface area contributed by atoms with Crippen LogP contribution in [0.1, 0.15) is 34.5 Å². The fourth-order valence-corrected chi connectivity index (χ4v) is 4.49. The number of anilines is 1. The van der Waals surface area contributed by atoms with Crippen LogP contribution in [-0.4, -0.2) is 54.9 Å². The van der Waals surface area contributed by atoms with E-state index in [2.05, 4.69) is 15.6 Å². The first-order chi connectivity index (χ1) is 16.0. The first-order valence-corrected chi connectivity index (χ1v) is 11.1. The van der Waals surface area contributed by atoms with Gasteiger partial charge in [-0.05, 0) is 55.8 Å². The maximum Gasteiger partial charge on any atom is 0.254 e. The van der Waals surface area contributed by atoms with Crippen LogP contribution in [0.5, 0.6) is 5.75 Å². The molecule has 1 atom stereocenters. The highest BCUT2D eigenvalue weighted by Crippen LogP contribution is 2.31. The fraction of sp³-hybridized carbons (Fsp3) is 0.375. The second-order valence-electron chi connectivity index (χ2n) is 8.70. The van der Waals surface area contributed by atoms with Gasteiger partial charge in [-0.1, -0.05) is 6.07 Å². The van der Waals surface area contributed by atoms with Crippen LogP contribution in [0.2, 0.25) is 0 Å². The third kappa shape index (κ3) is 4.05. The van der Waals surface area contributed by atoms with Gasteiger partial charge in [-0.2, -0.15) is 0 Å². The molecule has 1 amide bonds. The van der Waals surface area contributed by atoms with Crippen molar-refractivity contribution < 1.29 is 18.7 Å². The Hall–Kier alpha value is -3.43. The monoisotopic (exact) mass is 449 g/mol. The van der Waals surface area contributed by atoms with Crippen LogP contribution in [0, 0.1) is 0 Å². The van der Waals surface area contributed by atoms with Gasteiger partial charge in [0.15, 0.2) is 5.58 Å². The molecule has 0 unspecified atom stereocenters. The van der Waals surface area contributed by atoms with Gasteiger partial charge in [0.1, 0.15) is 34.7 Å². The number of fused-ring (bicyclic) bond motifs is 2. The molecule has 1 aromatic carbocycles. The van der Waals surface area contributed by atoms with Crippen LogP contribution < -0.4 is 21.1 Å². The summed E-state index contributed by atoms with van der Waals surface area (Å²) in [7, 11) is 1.55. The quantitative estimate of drug-likeness (QED) is 0.468. The van der Waals surface area contributed by atoms with Crippen LogP contribution in [0.3, 0.4) is 0 Å². The zero-order chi connectivity index (χ0) is 23.0. The predicted molar refractivity (Wildman–Crippen MR) is 123 cm³/mol. The van der Waals surface area contributed by atoms with Gasteiger partial charge in [-0.15, -0.1) is 0 Å². The number of pyridine rings is 1. The Morgan fingerprint density at radius 2 is 2.12 bits per heavy atom. The number of nitrogens with two attached hydrogens (primary N) is 1. The number of amides is 1. The van der Waals surface area contributed by atoms with E-state index in [1.54, 1.807) is 24.1 Å². The summed E-state index contributed by atoms with van der Waals surface area (Å²) in [4.78, 5) is 31.3. The van der Waals surface area contributed by atoms with Crippen LogP contribution in [0.4, 0.5) is 5.82 Å². The molecule has 5 rings (SSSR count). The van der Waals surface area contributed by atoms with Crippen molar-refractivity contribution >= 4 is 29.1 Å². The van der Waals surface area contributed by atoms with Gasteiger partial charge in [-0.3, -0.25) is 4.79 Å². The summed E-state index contributed by atoms with van der Waals surface area (Å²) in [5, 5.41) is 6.81. The number of aromatic nitrogens is 1. The number of aldehydes is 1. The highest BCUT2D eigenvalue weighted by molar-refractivity contribution is 5.99. The molecule has 4 N–H and O–H groups in total. The zero-order valence-electron chi connectivity index (χ0n) is 18.5. The summed E-state index contributed by atoms with van der Waals surface area (Å²) in [5.74, 6) is 1.45. The minimum absolute atomic E-state index is 0.00761. The number of benzene rings is 1. The van der Waals surface area contributed by atoms with Gasteiger partial charge in [-0.25, -0.2) is 4.98 Å². The predicted octanol–water partition coefficient (Wildman–Crippen LogP) is 2.01. The molecule has 2 aliphatic heterocycles. The molecule has 0 radical (unpaired) electrons. The van der Waals surface area contributed by atoms with Crippen LogP contribution >= 0.6 is 0 Å². The Labute approximate surface area is 191 Å². The molecule has 1 saturated heterocycles. The van der Waals surface area contributed by atoms with Crippen molar-refractivity contribution in [3.05, 3.63) is 53.3 Å². The molecule has 3 aromatic rings. The summed E-state index contributed by atoms with van der Waals surface area (Å²) in [5.41, 5.74) is 7.56. The lowest BCUT2D eigenvalue weighted by Gasteiger charge is -2.26. The Bertz CT molecular complexity index is 1200. The topological polar surface area (TPSA) is 123 Å². The number of hydrogen-bond acceptors (Lipinski definition) is 8. The fourth-order valence-electron chi connectivity index (χ4n) is 4.49. The van der Waals surface area contributed by atoms with Gasteiger partial charge in [0, 0.05) is 24.2 Å². The van der Waals surface area contributed by atoms with Crippen LogP contribution in [0.15, 0.2) is 40.8 Å². The third-order valence-electron chi connectivity index (χ3n) is 6.38. The highest BCUT2D eigenvalue weighted by Gasteiger charge is 2.38. The van der Waals surface area contributed by atoms with Crippen LogP contribution in [-0.2, 0) is 16.9 Å². The maximum absolute atomic E-state index is 12.9. The van der Waals surface area contributed by atoms with Crippen LogP contribution in [0.25, 0.3) is 11.1 Å². The molecule has 0 saturated carbocycles. The molecular weight excluding hydrogens is 422 g/mol. The smallest absolute Gasteiger partial charge is 0.254 e. The van der Waals surface area contributed by atoms with Gasteiger partial charge in [0.2, 0.25) is 0 Å². The summed E-state index contributed by atoms with van der Waals surface area (Å²) >= 11 is 0. The number of carbonyl (C=O) groups excluding carboxylic acids is 2. The molecule has 172 valence electrons. The van der Waals surface area contributed by atoms with E-state index in [0.29, 0.717) is 41.3 Å². The number of furan rings is 1. The molecule has 9 heteroatoms. The van der Waals surface area contributed by atoms with Crippen molar-refractivity contribution in [3.8, 4) is 5.75 Å². The van der Waals surface area contributed by atoms with E-state index in [1.807, 2.05) is 24.3 Å². The number of methoxy groups -OCH3 is 1. The van der Waals surface area contributed by atoms with Gasteiger partial charge in [0.25, 0.3) is 5.91 Å². The average Bonchev–Trinajstić information content (AvgIpc) is 3.40. The first kappa shape index (κ1) is 21.4. The molecule has 0 spiro atoms. The van der Waals surface area contributed by atoms with Crippen molar-refractivity contribution in [1.82, 2.24) is 15.2 Å². The average molecular weight is 450 g/mol. The molecular formula is C24H27N5O4. The minimum Gasteiger partial charge on any atom is -0.497 e. The number of ether oxygens (including phenoxy) is 1. The standard InChI is InChI=1S/C24H27N5O4/c1-32-17-3-2-15-12-29(23(31)18(15)10-17)13-24(25,14-30)21-11-19-20(33-21)4-5-22(28-19)27-16-6-8-26-9-7-16/h2-5,10-11,14,16,26H,6-9,12-13,25H2,1H3,(H,27,28)/t24-/m1/s1. The van der Waals surface area contributed by atoms with Crippen molar-refractivity contribution in [1.29, 1.82) is 0 Å². The molecule has 0 bridgehead atoms. The molecule has 1 fully saturated rings. The molecule has 0 aliphatic carbocycles. The van der Waals surface area contributed by atoms with Crippen molar-refractivity contribution in [2.45, 2.75) is 31.0 Å². The Kier molecular flexibility index (Phi) is 5.51. The number of nitrogens with one attached hydrogen (secondary N) is 2. The number of hydrogen-bond donors (Lipinski definition) is 3. The number of piperidine rings is 1. The van der Waals surface area contributed by atoms with Gasteiger partial charge < -0.3 is 35.2 Å². The van der Waals surface area contributed by atoms with Crippen molar-refractivity contribution in [3.63, 3.8) is 0 Å². The van der Waals surface area contributed by atoms with E-state index >= 15 is 0 Å². The highest BCUT2D eigenvalue weighted by atomic mass is 16.5. The SMILES string of the molecule is COc1ccc2c(c1)C(=O)N(C[C@@](N)(C=O)c1cc3nc(NC4CCNCC4)ccc3o1)C2. The summed E-state index contributed by atoms with van der Waals surface area (Å²) in [6, 6.07) is 11.1. The van der Waals surface area contributed by atoms with E-state index in [1.165, 1.54) is 0 Å². The van der Waals surface area contributed by atoms with Crippen molar-refractivity contribution in [2.75, 3.05) is 32.1 Å². The molecule has 4 heterocycles. The maximum atomic E-state index is 12.9. The third-order valence-corrected chi connectivity index (χ3v) is 6.38. The molecule has 33 heavy (non-hydrogen) atoms. The number of carbonyl (C=O) groups is 2. The minimum atomic E-state index is -1.49. The lowest BCUT2D eigenvalue weighted by molar-refractivity contribution is -0.113. The van der Waals surface area contributed by atoms with E-state index in [9.17, 15) is 9.59 Å². The lowest BCUT2D eigenvalue weighted by atomic mass is 9.99. The van der Waals surface area contributed by atoms with E-state index in [0.717, 1.165) is 37.3 Å². The zero-order valence-corrected chi connectivity index (χ0v) is 18.5. The number of nitrogens with zero attached hydrogens (tertiary/aromatic N) is 2. The second-order valence-corrected chi connectivity index (χ2v) is 8.70. The van der Waals surface area contributed by atoms with Gasteiger partial charge in [0.05, 0.1) is 13.7 Å². The van der Waals surface area contributed by atoms with E-state index in [-0.39, 0.29) is 18.2 Å². The Balaban J connectivity index is 1.36. The molecule has 2 aromatic heterocycles. The largest absolute Gasteiger partial charge is 0.497 e. The summed E-state index contributed by atoms with van der Waals surface area (Å²) in [6.45, 7) is 2.33. The molecule has 9 nitrogen and oxygen atoms in total. The van der Waals surface area contributed by atoms with E-state index < -0.39 is 5.54 Å². The first-order valence-electron chi connectivity index (χ1n) is 11.1. The normalized spacial score (nSPS) is 18.2. The summed E-state index contributed by atoms with van der Waals surface area (Å²) < 4.78 is 11.1. The van der Waals surface area contributed by atoms with Gasteiger partial charge >= 0.3 is 0 Å². The molecule has 2 aliphatic rings. The second kappa shape index (κ2) is 8.49. The summed E-state index contributed by atoms with van der Waals surface area (Å²) in [6.07, 6.45) is 2.70.